The van der Waals surface area contributed by atoms with Crippen molar-refractivity contribution in [3.8, 4) is 11.3 Å². The number of hydrogen-bond acceptors (Lipinski definition) is 4. The second-order valence-electron chi connectivity index (χ2n) is 12.3. The molecule has 2 amide bonds. The van der Waals surface area contributed by atoms with Gasteiger partial charge in [0.05, 0.1) is 24.4 Å². The number of nitrogens with one attached hydrogen (secondary N) is 1. The first-order valence-corrected chi connectivity index (χ1v) is 15.6. The van der Waals surface area contributed by atoms with Gasteiger partial charge in [0, 0.05) is 37.1 Å². The largest absolute Gasteiger partial charge is 0.378 e. The highest BCUT2D eigenvalue weighted by atomic mass is 16.5. The van der Waals surface area contributed by atoms with Gasteiger partial charge in [0.25, 0.3) is 5.91 Å². The van der Waals surface area contributed by atoms with E-state index in [9.17, 15) is 9.59 Å². The highest BCUT2D eigenvalue weighted by molar-refractivity contribution is 6.01. The van der Waals surface area contributed by atoms with E-state index in [1.165, 1.54) is 36.6 Å². The molecular weight excluding hydrogens is 512 g/mol. The van der Waals surface area contributed by atoms with Crippen molar-refractivity contribution >= 4 is 22.7 Å². The number of carbonyl (C=O) groups is 2. The van der Waals surface area contributed by atoms with E-state index in [1.807, 2.05) is 23.1 Å². The Balaban J connectivity index is 1.40. The van der Waals surface area contributed by atoms with Crippen LogP contribution in [-0.2, 0) is 16.1 Å². The van der Waals surface area contributed by atoms with E-state index in [4.69, 9.17) is 4.74 Å². The molecule has 0 bridgehead atoms. The van der Waals surface area contributed by atoms with Gasteiger partial charge in [0.2, 0.25) is 5.91 Å². The number of amides is 2. The molecule has 2 saturated heterocycles. The number of likely N-dealkylation sites (tertiary alicyclic amines) is 1. The predicted octanol–water partition coefficient (Wildman–Crippen LogP) is 5.29. The first-order valence-electron chi connectivity index (χ1n) is 15.6. The number of rotatable bonds is 7. The van der Waals surface area contributed by atoms with E-state index >= 15 is 0 Å². The van der Waals surface area contributed by atoms with Crippen LogP contribution >= 0.6 is 0 Å². The van der Waals surface area contributed by atoms with Crippen molar-refractivity contribution in [1.82, 2.24) is 19.7 Å². The van der Waals surface area contributed by atoms with E-state index in [-0.39, 0.29) is 18.4 Å². The van der Waals surface area contributed by atoms with Gasteiger partial charge < -0.3 is 24.4 Å². The number of carbonyl (C=O) groups excluding carboxylic acids is 2. The molecule has 2 aliphatic heterocycles. The number of ether oxygens (including phenoxy) is 1. The Morgan fingerprint density at radius 2 is 1.71 bits per heavy atom. The number of aromatic nitrogens is 1. The minimum absolute atomic E-state index is 0.0344. The summed E-state index contributed by atoms with van der Waals surface area (Å²) in [7, 11) is 2.16. The minimum atomic E-state index is -0.0344. The van der Waals surface area contributed by atoms with E-state index in [2.05, 4.69) is 52.2 Å². The third-order valence-electron chi connectivity index (χ3n) is 9.36. The van der Waals surface area contributed by atoms with Crippen LogP contribution in [0.3, 0.4) is 0 Å². The molecule has 0 radical (unpaired) electrons. The fourth-order valence-electron chi connectivity index (χ4n) is 7.22. The average molecular weight is 557 g/mol. The topological polar surface area (TPSA) is 66.8 Å². The molecule has 1 aliphatic carbocycles. The van der Waals surface area contributed by atoms with Crippen molar-refractivity contribution in [1.29, 1.82) is 0 Å². The lowest BCUT2D eigenvalue weighted by Crippen LogP contribution is -2.42. The van der Waals surface area contributed by atoms with Gasteiger partial charge in [-0.05, 0) is 74.4 Å². The number of fused-ring (bicyclic) bond motifs is 1. The summed E-state index contributed by atoms with van der Waals surface area (Å²) >= 11 is 0. The first-order chi connectivity index (χ1) is 20.1. The summed E-state index contributed by atoms with van der Waals surface area (Å²) in [5.41, 5.74) is 5.26. The van der Waals surface area contributed by atoms with Crippen LogP contribution in [0.1, 0.15) is 66.8 Å². The van der Waals surface area contributed by atoms with E-state index in [0.29, 0.717) is 50.2 Å². The van der Waals surface area contributed by atoms with Gasteiger partial charge in [0.1, 0.15) is 6.54 Å². The number of hydrogen-bond donors (Lipinski definition) is 1. The molecule has 0 spiro atoms. The van der Waals surface area contributed by atoms with Gasteiger partial charge in [-0.3, -0.25) is 9.59 Å². The van der Waals surface area contributed by atoms with Crippen LogP contribution in [0.2, 0.25) is 0 Å². The van der Waals surface area contributed by atoms with E-state index < -0.39 is 0 Å². The number of morpholine rings is 1. The van der Waals surface area contributed by atoms with Gasteiger partial charge in [-0.1, -0.05) is 55.7 Å². The quantitative estimate of drug-likeness (QED) is 0.430. The summed E-state index contributed by atoms with van der Waals surface area (Å²) in [6.07, 6.45) is 8.40. The molecule has 1 unspecified atom stereocenters. The summed E-state index contributed by atoms with van der Waals surface area (Å²) in [5, 5.41) is 4.40. The van der Waals surface area contributed by atoms with Gasteiger partial charge in [-0.25, -0.2) is 0 Å². The normalized spacial score (nSPS) is 20.8. The number of piperidine rings is 1. The second-order valence-corrected chi connectivity index (χ2v) is 12.3. The van der Waals surface area contributed by atoms with Crippen LogP contribution in [0, 0.1) is 5.92 Å². The lowest BCUT2D eigenvalue weighted by atomic mass is 9.82. The molecule has 3 fully saturated rings. The average Bonchev–Trinajstić information content (AvgIpc) is 3.34. The summed E-state index contributed by atoms with van der Waals surface area (Å²) in [6.45, 7) is 5.52. The summed E-state index contributed by atoms with van der Waals surface area (Å²) in [6, 6.07) is 16.7. The van der Waals surface area contributed by atoms with Crippen LogP contribution in [-0.4, -0.2) is 79.2 Å². The van der Waals surface area contributed by atoms with E-state index in [1.54, 1.807) is 0 Å². The first kappa shape index (κ1) is 28.0. The number of benzene rings is 2. The lowest BCUT2D eigenvalue weighted by Gasteiger charge is -2.29. The predicted molar refractivity (Wildman–Crippen MR) is 163 cm³/mol. The Bertz CT molecular complexity index is 1360. The third kappa shape index (κ3) is 6.21. The van der Waals surface area contributed by atoms with Crippen molar-refractivity contribution in [2.75, 3.05) is 53.0 Å². The van der Waals surface area contributed by atoms with Crippen molar-refractivity contribution in [3.05, 3.63) is 59.7 Å². The van der Waals surface area contributed by atoms with Crippen LogP contribution in [0.15, 0.2) is 48.5 Å². The van der Waals surface area contributed by atoms with Gasteiger partial charge in [-0.2, -0.15) is 0 Å². The molecule has 1 N–H and O–H groups in total. The van der Waals surface area contributed by atoms with Gasteiger partial charge >= 0.3 is 0 Å². The van der Waals surface area contributed by atoms with Crippen LogP contribution in [0.5, 0.6) is 0 Å². The second kappa shape index (κ2) is 12.8. The van der Waals surface area contributed by atoms with E-state index in [0.717, 1.165) is 49.1 Å². The Kier molecular flexibility index (Phi) is 8.73. The highest BCUT2D eigenvalue weighted by Crippen LogP contribution is 2.44. The lowest BCUT2D eigenvalue weighted by molar-refractivity contribution is -0.135. The zero-order valence-corrected chi connectivity index (χ0v) is 24.4. The molecule has 7 heteroatoms. The molecule has 3 aromatic rings. The fourth-order valence-corrected chi connectivity index (χ4v) is 7.22. The smallest absolute Gasteiger partial charge is 0.251 e. The number of nitrogens with zero attached hydrogens (tertiary/aromatic N) is 3. The van der Waals surface area contributed by atoms with Crippen molar-refractivity contribution in [2.24, 2.45) is 5.92 Å². The summed E-state index contributed by atoms with van der Waals surface area (Å²) in [4.78, 5) is 31.4. The zero-order valence-electron chi connectivity index (χ0n) is 24.4. The maximum absolute atomic E-state index is 13.7. The van der Waals surface area contributed by atoms with Gasteiger partial charge in [-0.15, -0.1) is 0 Å². The molecule has 3 heterocycles. The van der Waals surface area contributed by atoms with Gasteiger partial charge in [0.15, 0.2) is 0 Å². The van der Waals surface area contributed by atoms with Crippen molar-refractivity contribution in [2.45, 2.75) is 57.4 Å². The molecule has 7 nitrogen and oxygen atoms in total. The molecule has 2 aromatic carbocycles. The molecule has 6 rings (SSSR count). The molecule has 1 aromatic heterocycles. The minimum Gasteiger partial charge on any atom is -0.378 e. The molecule has 218 valence electrons. The SMILES string of the molecule is CN1CCCC(CNC(=O)c2ccc3c(C4CCCCC4)c(-c4ccccc4)n(CC(=O)N4CCOCC4)c3c2)C1. The highest BCUT2D eigenvalue weighted by Gasteiger charge is 2.29. The Morgan fingerprint density at radius 3 is 2.46 bits per heavy atom. The summed E-state index contributed by atoms with van der Waals surface area (Å²) < 4.78 is 7.72. The molecular formula is C34H44N4O3. The Labute approximate surface area is 243 Å². The monoisotopic (exact) mass is 556 g/mol. The third-order valence-corrected chi connectivity index (χ3v) is 9.36. The van der Waals surface area contributed by atoms with Crippen LogP contribution < -0.4 is 5.32 Å². The maximum atomic E-state index is 13.7. The summed E-state index contributed by atoms with van der Waals surface area (Å²) in [5.74, 6) is 1.00. The Morgan fingerprint density at radius 1 is 0.927 bits per heavy atom. The Hall–Kier alpha value is -3.16. The fraction of sp³-hybridized carbons (Fsp3) is 0.529. The molecule has 1 saturated carbocycles. The molecule has 3 aliphatic rings. The van der Waals surface area contributed by atoms with Crippen molar-refractivity contribution in [3.63, 3.8) is 0 Å². The van der Waals surface area contributed by atoms with Crippen LogP contribution in [0.4, 0.5) is 0 Å². The van der Waals surface area contributed by atoms with Crippen LogP contribution in [0.25, 0.3) is 22.2 Å². The zero-order chi connectivity index (χ0) is 28.2. The molecule has 41 heavy (non-hydrogen) atoms. The molecule has 1 atom stereocenters. The standard InChI is InChI=1S/C34H44N4O3/c1-36-16-8-9-25(23-36)22-35-34(40)28-14-15-29-30(21-28)38(24-31(39)37-17-19-41-20-18-37)33(27-12-6-3-7-13-27)32(29)26-10-4-2-5-11-26/h3,6-7,12-15,21,25-26H,2,4-5,8-11,16-20,22-24H2,1H3,(H,35,40). The maximum Gasteiger partial charge on any atom is 0.251 e. The van der Waals surface area contributed by atoms with Crippen molar-refractivity contribution < 1.29 is 14.3 Å².